The van der Waals surface area contributed by atoms with Gasteiger partial charge in [0.15, 0.2) is 0 Å². The van der Waals surface area contributed by atoms with Crippen LogP contribution in [0.1, 0.15) is 29.0 Å². The molecule has 2 nitrogen and oxygen atoms in total. The maximum atomic E-state index is 7.12. The molecule has 3 heteroatoms. The van der Waals surface area contributed by atoms with Gasteiger partial charge in [0, 0.05) is 54.1 Å². The standard InChI is InChI=1S/C45H33NOS/c1-28-13-5-10-23-39(28)46(40-24-12-22-35-34-21-11-20-32(43(34)47-44(35)40)29-14-3-2-4-15-29)41-27-38-37-25-30-16-6-7-17-31(30)26-42(37)48-45(38)36-19-9-8-18-33(36)41/h2-15,17-27,30,34,43H,16H2,1H3. The summed E-state index contributed by atoms with van der Waals surface area (Å²) in [6, 6.07) is 37.5. The zero-order valence-electron chi connectivity index (χ0n) is 26.6. The molecule has 0 radical (unpaired) electrons. The highest BCUT2D eigenvalue weighted by molar-refractivity contribution is 7.18. The summed E-state index contributed by atoms with van der Waals surface area (Å²) >= 11 is 1.92. The van der Waals surface area contributed by atoms with Gasteiger partial charge in [0.25, 0.3) is 0 Å². The van der Waals surface area contributed by atoms with Crippen molar-refractivity contribution in [3.63, 3.8) is 0 Å². The van der Waals surface area contributed by atoms with Crippen LogP contribution in [0.15, 0.2) is 145 Å². The van der Waals surface area contributed by atoms with E-state index in [1.165, 1.54) is 64.1 Å². The zero-order valence-corrected chi connectivity index (χ0v) is 27.5. The van der Waals surface area contributed by atoms with E-state index in [1.54, 1.807) is 0 Å². The predicted octanol–water partition coefficient (Wildman–Crippen LogP) is 10.4. The first-order valence-corrected chi connectivity index (χ1v) is 17.7. The molecular weight excluding hydrogens is 603 g/mol. The Morgan fingerprint density at radius 1 is 0.750 bits per heavy atom. The summed E-state index contributed by atoms with van der Waals surface area (Å²) in [5.41, 5.74) is 9.71. The van der Waals surface area contributed by atoms with E-state index < -0.39 is 0 Å². The number of nitrogens with zero attached hydrogens (tertiary/aromatic N) is 1. The van der Waals surface area contributed by atoms with Crippen molar-refractivity contribution in [2.24, 2.45) is 5.92 Å². The van der Waals surface area contributed by atoms with Crippen molar-refractivity contribution in [2.45, 2.75) is 25.4 Å². The Morgan fingerprint density at radius 2 is 1.56 bits per heavy atom. The second-order valence-electron chi connectivity index (χ2n) is 13.2. The molecule has 1 aliphatic heterocycles. The monoisotopic (exact) mass is 635 g/mol. The Kier molecular flexibility index (Phi) is 6.25. The van der Waals surface area contributed by atoms with Crippen molar-refractivity contribution in [1.29, 1.82) is 0 Å². The highest BCUT2D eigenvalue weighted by Crippen LogP contribution is 2.53. The minimum Gasteiger partial charge on any atom is -0.482 e. The lowest BCUT2D eigenvalue weighted by Gasteiger charge is -2.30. The number of allylic oxidation sites excluding steroid dienone is 6. The van der Waals surface area contributed by atoms with Crippen LogP contribution in [0.25, 0.3) is 38.6 Å². The smallest absolute Gasteiger partial charge is 0.148 e. The molecule has 4 aliphatic rings. The molecule has 3 aliphatic carbocycles. The van der Waals surface area contributed by atoms with Crippen molar-refractivity contribution in [2.75, 3.05) is 4.90 Å². The Hall–Kier alpha value is -5.38. The highest BCUT2D eigenvalue weighted by atomic mass is 32.1. The molecule has 0 amide bonds. The van der Waals surface area contributed by atoms with Crippen LogP contribution >= 0.6 is 11.3 Å². The molecule has 48 heavy (non-hydrogen) atoms. The summed E-state index contributed by atoms with van der Waals surface area (Å²) in [6.07, 6.45) is 19.4. The summed E-state index contributed by atoms with van der Waals surface area (Å²) in [5.74, 6) is 1.54. The van der Waals surface area contributed by atoms with Crippen LogP contribution in [-0.2, 0) is 0 Å². The summed E-state index contributed by atoms with van der Waals surface area (Å²) in [4.78, 5) is 2.47. The molecule has 1 aromatic heterocycles. The lowest BCUT2D eigenvalue weighted by molar-refractivity contribution is 0.279. The van der Waals surface area contributed by atoms with Gasteiger partial charge in [-0.15, -0.1) is 11.3 Å². The Balaban J connectivity index is 1.22. The number of anilines is 3. The van der Waals surface area contributed by atoms with Crippen LogP contribution in [0.4, 0.5) is 17.1 Å². The molecule has 3 atom stereocenters. The van der Waals surface area contributed by atoms with E-state index in [0.717, 1.165) is 23.5 Å². The van der Waals surface area contributed by atoms with Crippen LogP contribution in [-0.4, -0.2) is 6.10 Å². The SMILES string of the molecule is Cc1ccccc1N(c1cccc2c1OC1C(c3ccccc3)=CC=CC21)c1cc2c3c(sc2c2ccccc12)=CC1=CC=CCC1C=3. The number of hydrogen-bond acceptors (Lipinski definition) is 3. The first-order chi connectivity index (χ1) is 23.7. The fraction of sp³-hybridized carbons (Fsp3) is 0.111. The van der Waals surface area contributed by atoms with Crippen LogP contribution < -0.4 is 19.4 Å². The first-order valence-electron chi connectivity index (χ1n) is 16.9. The quantitative estimate of drug-likeness (QED) is 0.191. The van der Waals surface area contributed by atoms with E-state index in [2.05, 4.69) is 164 Å². The maximum absolute atomic E-state index is 7.12. The predicted molar refractivity (Wildman–Crippen MR) is 203 cm³/mol. The number of rotatable bonds is 4. The first kappa shape index (κ1) is 27.7. The van der Waals surface area contributed by atoms with Crippen LogP contribution in [0, 0.1) is 12.8 Å². The topological polar surface area (TPSA) is 12.5 Å². The highest BCUT2D eigenvalue weighted by Gasteiger charge is 2.39. The molecule has 0 saturated heterocycles. The summed E-state index contributed by atoms with van der Waals surface area (Å²) in [7, 11) is 0. The lowest BCUT2D eigenvalue weighted by atomic mass is 9.84. The third-order valence-electron chi connectivity index (χ3n) is 10.5. The number of fused-ring (bicyclic) bond motifs is 9. The van der Waals surface area contributed by atoms with Gasteiger partial charge >= 0.3 is 0 Å². The van der Waals surface area contributed by atoms with Crippen LogP contribution in [0.2, 0.25) is 0 Å². The summed E-state index contributed by atoms with van der Waals surface area (Å²) in [5, 5.41) is 5.22. The van der Waals surface area contributed by atoms with Crippen LogP contribution in [0.3, 0.4) is 0 Å². The fourth-order valence-electron chi connectivity index (χ4n) is 8.14. The Morgan fingerprint density at radius 3 is 2.46 bits per heavy atom. The van der Waals surface area contributed by atoms with E-state index in [-0.39, 0.29) is 12.0 Å². The molecule has 0 bridgehead atoms. The Bertz CT molecular complexity index is 2550. The number of hydrogen-bond donors (Lipinski definition) is 0. The van der Waals surface area contributed by atoms with Crippen molar-refractivity contribution >= 4 is 67.0 Å². The molecule has 0 N–H and O–H groups in total. The van der Waals surface area contributed by atoms with E-state index in [9.17, 15) is 0 Å². The van der Waals surface area contributed by atoms with E-state index in [4.69, 9.17) is 4.74 Å². The maximum Gasteiger partial charge on any atom is 0.148 e. The number of ether oxygens (including phenoxy) is 1. The van der Waals surface area contributed by atoms with Crippen molar-refractivity contribution in [1.82, 2.24) is 0 Å². The molecule has 6 aromatic rings. The molecule has 5 aromatic carbocycles. The van der Waals surface area contributed by atoms with Gasteiger partial charge in [-0.05, 0) is 59.5 Å². The minimum absolute atomic E-state index is 0.0766. The van der Waals surface area contributed by atoms with Gasteiger partial charge in [-0.2, -0.15) is 0 Å². The number of para-hydroxylation sites is 2. The number of aryl methyl sites for hydroxylation is 1. The third-order valence-corrected chi connectivity index (χ3v) is 11.7. The van der Waals surface area contributed by atoms with Crippen LogP contribution in [0.5, 0.6) is 5.75 Å². The Labute approximate surface area is 284 Å². The van der Waals surface area contributed by atoms with Gasteiger partial charge < -0.3 is 9.64 Å². The third kappa shape index (κ3) is 4.17. The molecule has 10 rings (SSSR count). The van der Waals surface area contributed by atoms with Crippen molar-refractivity contribution in [3.8, 4) is 5.75 Å². The van der Waals surface area contributed by atoms with Gasteiger partial charge in [0.05, 0.1) is 11.4 Å². The van der Waals surface area contributed by atoms with Crippen molar-refractivity contribution < 1.29 is 4.74 Å². The van der Waals surface area contributed by atoms with Gasteiger partial charge in [0.1, 0.15) is 11.9 Å². The molecule has 2 heterocycles. The zero-order chi connectivity index (χ0) is 31.8. The second kappa shape index (κ2) is 10.8. The van der Waals surface area contributed by atoms with Gasteiger partial charge in [-0.25, -0.2) is 0 Å². The van der Waals surface area contributed by atoms with Gasteiger partial charge in [-0.3, -0.25) is 0 Å². The van der Waals surface area contributed by atoms with Gasteiger partial charge in [0.2, 0.25) is 0 Å². The summed E-state index contributed by atoms with van der Waals surface area (Å²) < 4.78 is 9.83. The number of thiophene rings is 1. The summed E-state index contributed by atoms with van der Waals surface area (Å²) in [6.45, 7) is 2.21. The fourth-order valence-corrected chi connectivity index (χ4v) is 9.41. The molecular formula is C45H33NOS. The molecule has 230 valence electrons. The average Bonchev–Trinajstić information content (AvgIpc) is 3.70. The molecule has 0 saturated carbocycles. The number of benzene rings is 5. The van der Waals surface area contributed by atoms with E-state index >= 15 is 0 Å². The molecule has 0 fully saturated rings. The largest absolute Gasteiger partial charge is 0.482 e. The van der Waals surface area contributed by atoms with E-state index in [0.29, 0.717) is 5.92 Å². The van der Waals surface area contributed by atoms with E-state index in [1.807, 2.05) is 11.3 Å². The average molecular weight is 636 g/mol. The normalized spacial score (nSPS) is 20.1. The lowest BCUT2D eigenvalue weighted by Crippen LogP contribution is -2.26. The second-order valence-corrected chi connectivity index (χ2v) is 14.3. The molecule has 3 unspecified atom stereocenters. The molecule has 0 spiro atoms. The van der Waals surface area contributed by atoms with Gasteiger partial charge in [-0.1, -0.05) is 127 Å². The van der Waals surface area contributed by atoms with Crippen molar-refractivity contribution in [3.05, 3.63) is 172 Å². The minimum atomic E-state index is -0.0766.